The summed E-state index contributed by atoms with van der Waals surface area (Å²) in [6.07, 6.45) is 3.25. The van der Waals surface area contributed by atoms with Crippen LogP contribution in [0.15, 0.2) is 18.2 Å². The van der Waals surface area contributed by atoms with Crippen LogP contribution in [0.1, 0.15) is 18.4 Å². The number of likely N-dealkylation sites (tertiary alicyclic amines) is 1. The summed E-state index contributed by atoms with van der Waals surface area (Å²) in [6, 6.07) is 6.35. The molecular formula is C13H20N2O2. The number of benzene rings is 1. The Balaban J connectivity index is 2.05. The molecule has 3 N–H and O–H groups in total. The van der Waals surface area contributed by atoms with Gasteiger partial charge in [0.25, 0.3) is 0 Å². The second-order valence-corrected chi connectivity index (χ2v) is 4.53. The molecule has 1 aromatic carbocycles. The molecule has 1 aliphatic rings. The minimum absolute atomic E-state index is 0.149. The molecule has 1 aliphatic heterocycles. The van der Waals surface area contributed by atoms with E-state index < -0.39 is 0 Å². The van der Waals surface area contributed by atoms with Gasteiger partial charge in [-0.2, -0.15) is 0 Å². The summed E-state index contributed by atoms with van der Waals surface area (Å²) in [7, 11) is 1.62. The van der Waals surface area contributed by atoms with Crippen molar-refractivity contribution in [3.63, 3.8) is 0 Å². The number of methoxy groups -OCH3 is 1. The molecule has 4 heteroatoms. The molecule has 0 amide bonds. The van der Waals surface area contributed by atoms with Crippen LogP contribution in [0.3, 0.4) is 0 Å². The van der Waals surface area contributed by atoms with Gasteiger partial charge in [0.1, 0.15) is 5.75 Å². The third kappa shape index (κ3) is 2.70. The molecule has 1 atom stereocenters. The lowest BCUT2D eigenvalue weighted by Crippen LogP contribution is -2.31. The van der Waals surface area contributed by atoms with Crippen LogP contribution in [-0.2, 0) is 6.42 Å². The fraction of sp³-hybridized carbons (Fsp3) is 0.538. The first-order valence-corrected chi connectivity index (χ1v) is 6.02. The number of rotatable bonds is 4. The van der Waals surface area contributed by atoms with Crippen molar-refractivity contribution < 1.29 is 9.84 Å². The van der Waals surface area contributed by atoms with Crippen molar-refractivity contribution in [1.29, 1.82) is 0 Å². The number of aliphatic hydroxyl groups excluding tert-OH is 1. The molecule has 0 aliphatic carbocycles. The predicted octanol–water partition coefficient (Wildman–Crippen LogP) is 1.23. The Hall–Kier alpha value is -1.26. The highest BCUT2D eigenvalue weighted by Gasteiger charge is 2.23. The lowest BCUT2D eigenvalue weighted by Gasteiger charge is -2.22. The third-order valence-corrected chi connectivity index (χ3v) is 3.45. The van der Waals surface area contributed by atoms with Gasteiger partial charge in [-0.15, -0.1) is 0 Å². The first kappa shape index (κ1) is 12.2. The van der Waals surface area contributed by atoms with Gasteiger partial charge < -0.3 is 15.6 Å². The topological polar surface area (TPSA) is 58.7 Å². The van der Waals surface area contributed by atoms with Gasteiger partial charge in [-0.05, 0) is 37.0 Å². The Morgan fingerprint density at radius 3 is 3.00 bits per heavy atom. The Labute approximate surface area is 102 Å². The largest absolute Gasteiger partial charge is 0.495 e. The van der Waals surface area contributed by atoms with E-state index in [1.165, 1.54) is 5.56 Å². The van der Waals surface area contributed by atoms with E-state index in [-0.39, 0.29) is 6.73 Å². The van der Waals surface area contributed by atoms with Crippen molar-refractivity contribution in [2.75, 3.05) is 26.1 Å². The number of nitrogens with zero attached hydrogens (tertiary/aromatic N) is 1. The van der Waals surface area contributed by atoms with Gasteiger partial charge in [-0.3, -0.25) is 4.90 Å². The molecular weight excluding hydrogens is 216 g/mol. The smallest absolute Gasteiger partial charge is 0.141 e. The van der Waals surface area contributed by atoms with E-state index in [0.29, 0.717) is 11.7 Å². The Morgan fingerprint density at radius 1 is 1.53 bits per heavy atom. The maximum Gasteiger partial charge on any atom is 0.141 e. The van der Waals surface area contributed by atoms with Crippen LogP contribution < -0.4 is 10.5 Å². The van der Waals surface area contributed by atoms with Crippen molar-refractivity contribution >= 4 is 5.69 Å². The Kier molecular flexibility index (Phi) is 3.86. The zero-order valence-electron chi connectivity index (χ0n) is 10.2. The number of ether oxygens (including phenoxy) is 1. The summed E-state index contributed by atoms with van der Waals surface area (Å²) in [6.45, 7) is 1.14. The van der Waals surface area contributed by atoms with Gasteiger partial charge >= 0.3 is 0 Å². The second-order valence-electron chi connectivity index (χ2n) is 4.53. The minimum Gasteiger partial charge on any atom is -0.495 e. The molecule has 2 rings (SSSR count). The molecule has 4 nitrogen and oxygen atoms in total. The van der Waals surface area contributed by atoms with Gasteiger partial charge in [0.05, 0.1) is 19.5 Å². The number of hydrogen-bond acceptors (Lipinski definition) is 4. The molecule has 1 saturated heterocycles. The van der Waals surface area contributed by atoms with Crippen LogP contribution in [0.25, 0.3) is 0 Å². The highest BCUT2D eigenvalue weighted by molar-refractivity contribution is 5.54. The summed E-state index contributed by atoms with van der Waals surface area (Å²) in [5.74, 6) is 0.721. The summed E-state index contributed by atoms with van der Waals surface area (Å²) in [5, 5.41) is 9.23. The van der Waals surface area contributed by atoms with E-state index >= 15 is 0 Å². The quantitative estimate of drug-likeness (QED) is 0.772. The second kappa shape index (κ2) is 5.38. The first-order valence-electron chi connectivity index (χ1n) is 6.02. The summed E-state index contributed by atoms with van der Waals surface area (Å²) < 4.78 is 5.14. The van der Waals surface area contributed by atoms with Gasteiger partial charge in [0.2, 0.25) is 0 Å². The van der Waals surface area contributed by atoms with Crippen LogP contribution in [0.2, 0.25) is 0 Å². The van der Waals surface area contributed by atoms with Crippen LogP contribution in [0.4, 0.5) is 5.69 Å². The van der Waals surface area contributed by atoms with Gasteiger partial charge in [-0.25, -0.2) is 0 Å². The summed E-state index contributed by atoms with van der Waals surface area (Å²) in [5.41, 5.74) is 7.77. The normalized spacial score (nSPS) is 20.7. The number of nitrogen functional groups attached to an aromatic ring is 1. The molecule has 0 spiro atoms. The van der Waals surface area contributed by atoms with Gasteiger partial charge in [0, 0.05) is 12.6 Å². The molecule has 1 fully saturated rings. The van der Waals surface area contributed by atoms with E-state index in [4.69, 9.17) is 10.5 Å². The maximum atomic E-state index is 9.23. The van der Waals surface area contributed by atoms with Crippen LogP contribution in [-0.4, -0.2) is 36.4 Å². The average molecular weight is 236 g/mol. The molecule has 0 bridgehead atoms. The zero-order chi connectivity index (χ0) is 12.3. The molecule has 0 radical (unpaired) electrons. The highest BCUT2D eigenvalue weighted by atomic mass is 16.5. The summed E-state index contributed by atoms with van der Waals surface area (Å²) >= 11 is 0. The predicted molar refractivity (Wildman–Crippen MR) is 67.9 cm³/mol. The molecule has 0 unspecified atom stereocenters. The van der Waals surface area contributed by atoms with Crippen molar-refractivity contribution in [2.45, 2.75) is 25.3 Å². The molecule has 1 aromatic rings. The fourth-order valence-electron chi connectivity index (χ4n) is 2.50. The van der Waals surface area contributed by atoms with Crippen molar-refractivity contribution in [2.24, 2.45) is 0 Å². The van der Waals surface area contributed by atoms with E-state index in [1.54, 1.807) is 7.11 Å². The van der Waals surface area contributed by atoms with E-state index in [1.807, 2.05) is 18.2 Å². The Bertz CT molecular complexity index is 382. The maximum absolute atomic E-state index is 9.23. The number of aliphatic hydroxyl groups is 1. The molecule has 94 valence electrons. The zero-order valence-corrected chi connectivity index (χ0v) is 10.2. The van der Waals surface area contributed by atoms with Crippen molar-refractivity contribution in [3.05, 3.63) is 23.8 Å². The van der Waals surface area contributed by atoms with Crippen LogP contribution in [0.5, 0.6) is 5.75 Å². The molecule has 1 heterocycles. The molecule has 0 aromatic heterocycles. The standard InChI is InChI=1S/C13H20N2O2/c1-17-13-5-4-10(8-12(13)14)7-11-3-2-6-15(11)9-16/h4-5,8,11,16H,2-3,6-7,9,14H2,1H3/t11-/m1/s1. The van der Waals surface area contributed by atoms with E-state index in [9.17, 15) is 5.11 Å². The lowest BCUT2D eigenvalue weighted by atomic mass is 10.0. The number of nitrogens with two attached hydrogens (primary N) is 1. The van der Waals surface area contributed by atoms with Crippen molar-refractivity contribution in [3.8, 4) is 5.75 Å². The summed E-state index contributed by atoms with van der Waals surface area (Å²) in [4.78, 5) is 2.11. The SMILES string of the molecule is COc1ccc(C[C@H]2CCCN2CO)cc1N. The lowest BCUT2D eigenvalue weighted by molar-refractivity contribution is 0.0963. The van der Waals surface area contributed by atoms with Gasteiger partial charge in [0.15, 0.2) is 0 Å². The first-order chi connectivity index (χ1) is 8.24. The monoisotopic (exact) mass is 236 g/mol. The van der Waals surface area contributed by atoms with Gasteiger partial charge in [-0.1, -0.05) is 6.07 Å². The fourth-order valence-corrected chi connectivity index (χ4v) is 2.50. The van der Waals surface area contributed by atoms with Crippen molar-refractivity contribution in [1.82, 2.24) is 4.90 Å². The average Bonchev–Trinajstić information content (AvgIpc) is 2.76. The van der Waals surface area contributed by atoms with Crippen LogP contribution in [0, 0.1) is 0 Å². The number of anilines is 1. The van der Waals surface area contributed by atoms with E-state index in [0.717, 1.165) is 31.6 Å². The highest BCUT2D eigenvalue weighted by Crippen LogP contribution is 2.25. The third-order valence-electron chi connectivity index (χ3n) is 3.45. The molecule has 17 heavy (non-hydrogen) atoms. The van der Waals surface area contributed by atoms with Crippen LogP contribution >= 0.6 is 0 Å². The minimum atomic E-state index is 0.149. The number of hydrogen-bond donors (Lipinski definition) is 2. The molecule has 0 saturated carbocycles. The van der Waals surface area contributed by atoms with E-state index in [2.05, 4.69) is 4.90 Å². The Morgan fingerprint density at radius 2 is 2.35 bits per heavy atom.